The molecule has 1 heterocycles. The lowest BCUT2D eigenvalue weighted by atomic mass is 10.1. The van der Waals surface area contributed by atoms with Crippen molar-refractivity contribution in [1.29, 1.82) is 0 Å². The van der Waals surface area contributed by atoms with E-state index >= 15 is 0 Å². The van der Waals surface area contributed by atoms with Gasteiger partial charge in [-0.15, -0.1) is 11.3 Å². The Bertz CT molecular complexity index is 422. The SMILES string of the molecule is COc1ccc(CCNCc2cccs2)cc1. The van der Waals surface area contributed by atoms with Crippen molar-refractivity contribution in [1.82, 2.24) is 5.32 Å². The van der Waals surface area contributed by atoms with Gasteiger partial charge in [0.15, 0.2) is 0 Å². The van der Waals surface area contributed by atoms with E-state index in [1.54, 1.807) is 18.4 Å². The highest BCUT2D eigenvalue weighted by atomic mass is 32.1. The van der Waals surface area contributed by atoms with Crippen LogP contribution in [0.3, 0.4) is 0 Å². The molecule has 0 fully saturated rings. The highest BCUT2D eigenvalue weighted by Crippen LogP contribution is 2.11. The Morgan fingerprint density at radius 3 is 2.65 bits per heavy atom. The molecule has 17 heavy (non-hydrogen) atoms. The molecule has 0 aliphatic rings. The first-order chi connectivity index (χ1) is 8.38. The van der Waals surface area contributed by atoms with Gasteiger partial charge in [0.2, 0.25) is 0 Å². The molecule has 0 saturated heterocycles. The summed E-state index contributed by atoms with van der Waals surface area (Å²) in [6.07, 6.45) is 1.05. The number of rotatable bonds is 6. The van der Waals surface area contributed by atoms with Crippen molar-refractivity contribution in [2.75, 3.05) is 13.7 Å². The van der Waals surface area contributed by atoms with Gasteiger partial charge in [0.1, 0.15) is 5.75 Å². The number of thiophene rings is 1. The van der Waals surface area contributed by atoms with Gasteiger partial charge in [-0.2, -0.15) is 0 Å². The van der Waals surface area contributed by atoms with Gasteiger partial charge in [0.05, 0.1) is 7.11 Å². The van der Waals surface area contributed by atoms with Gasteiger partial charge < -0.3 is 10.1 Å². The Morgan fingerprint density at radius 2 is 2.00 bits per heavy atom. The average molecular weight is 247 g/mol. The summed E-state index contributed by atoms with van der Waals surface area (Å²) in [5.74, 6) is 0.917. The molecule has 90 valence electrons. The molecular weight excluding hydrogens is 230 g/mol. The smallest absolute Gasteiger partial charge is 0.118 e. The van der Waals surface area contributed by atoms with E-state index in [2.05, 4.69) is 35.0 Å². The van der Waals surface area contributed by atoms with Crippen molar-refractivity contribution in [3.05, 3.63) is 52.2 Å². The van der Waals surface area contributed by atoms with Crippen molar-refractivity contribution >= 4 is 11.3 Å². The molecule has 0 saturated carbocycles. The molecule has 0 radical (unpaired) electrons. The first-order valence-corrected chi connectivity index (χ1v) is 6.62. The van der Waals surface area contributed by atoms with Gasteiger partial charge >= 0.3 is 0 Å². The highest BCUT2D eigenvalue weighted by molar-refractivity contribution is 7.09. The number of ether oxygens (including phenoxy) is 1. The summed E-state index contributed by atoms with van der Waals surface area (Å²) in [5, 5.41) is 5.56. The van der Waals surface area contributed by atoms with E-state index in [1.165, 1.54) is 10.4 Å². The standard InChI is InChI=1S/C14H17NOS/c1-16-13-6-4-12(5-7-13)8-9-15-11-14-3-2-10-17-14/h2-7,10,15H,8-9,11H2,1H3. The lowest BCUT2D eigenvalue weighted by Gasteiger charge is -2.04. The number of methoxy groups -OCH3 is 1. The van der Waals surface area contributed by atoms with E-state index in [0.29, 0.717) is 0 Å². The topological polar surface area (TPSA) is 21.3 Å². The Kier molecular flexibility index (Phi) is 4.59. The molecule has 1 aromatic carbocycles. The third kappa shape index (κ3) is 3.88. The van der Waals surface area contributed by atoms with E-state index < -0.39 is 0 Å². The first kappa shape index (κ1) is 12.1. The minimum atomic E-state index is 0.917. The van der Waals surface area contributed by atoms with Gasteiger partial charge in [-0.25, -0.2) is 0 Å². The molecular formula is C14H17NOS. The van der Waals surface area contributed by atoms with Crippen molar-refractivity contribution < 1.29 is 4.74 Å². The summed E-state index contributed by atoms with van der Waals surface area (Å²) in [6, 6.07) is 12.5. The van der Waals surface area contributed by atoms with Gasteiger partial charge in [-0.3, -0.25) is 0 Å². The molecule has 2 aromatic rings. The van der Waals surface area contributed by atoms with E-state index in [1.807, 2.05) is 12.1 Å². The second-order valence-corrected chi connectivity index (χ2v) is 4.89. The zero-order valence-corrected chi connectivity index (χ0v) is 10.8. The lowest BCUT2D eigenvalue weighted by Crippen LogP contribution is -2.15. The van der Waals surface area contributed by atoms with Crippen LogP contribution in [-0.4, -0.2) is 13.7 Å². The molecule has 0 aliphatic heterocycles. The predicted octanol–water partition coefficient (Wildman–Crippen LogP) is 3.09. The summed E-state index contributed by atoms with van der Waals surface area (Å²) in [7, 11) is 1.69. The molecule has 0 aliphatic carbocycles. The summed E-state index contributed by atoms with van der Waals surface area (Å²) < 4.78 is 5.13. The minimum Gasteiger partial charge on any atom is -0.497 e. The predicted molar refractivity (Wildman–Crippen MR) is 72.7 cm³/mol. The zero-order valence-electron chi connectivity index (χ0n) is 9.98. The molecule has 1 aromatic heterocycles. The fraction of sp³-hybridized carbons (Fsp3) is 0.286. The Balaban J connectivity index is 1.70. The van der Waals surface area contributed by atoms with Crippen molar-refractivity contribution in [2.24, 2.45) is 0 Å². The normalized spacial score (nSPS) is 10.4. The number of hydrogen-bond donors (Lipinski definition) is 1. The summed E-state index contributed by atoms with van der Waals surface area (Å²) in [6.45, 7) is 1.97. The van der Waals surface area contributed by atoms with Crippen LogP contribution in [0.25, 0.3) is 0 Å². The van der Waals surface area contributed by atoms with E-state index in [0.717, 1.165) is 25.3 Å². The van der Waals surface area contributed by atoms with Crippen LogP contribution in [0, 0.1) is 0 Å². The second-order valence-electron chi connectivity index (χ2n) is 3.85. The third-order valence-corrected chi connectivity index (χ3v) is 3.51. The maximum atomic E-state index is 5.13. The summed E-state index contributed by atoms with van der Waals surface area (Å²) in [5.41, 5.74) is 1.34. The van der Waals surface area contributed by atoms with Gasteiger partial charge in [0.25, 0.3) is 0 Å². The lowest BCUT2D eigenvalue weighted by molar-refractivity contribution is 0.414. The quantitative estimate of drug-likeness (QED) is 0.792. The minimum absolute atomic E-state index is 0.917. The Morgan fingerprint density at radius 1 is 1.18 bits per heavy atom. The molecule has 2 nitrogen and oxygen atoms in total. The van der Waals surface area contributed by atoms with Crippen LogP contribution >= 0.6 is 11.3 Å². The maximum absolute atomic E-state index is 5.13. The monoisotopic (exact) mass is 247 g/mol. The van der Waals surface area contributed by atoms with Gasteiger partial charge in [0, 0.05) is 11.4 Å². The van der Waals surface area contributed by atoms with E-state index in [9.17, 15) is 0 Å². The maximum Gasteiger partial charge on any atom is 0.118 e. The first-order valence-electron chi connectivity index (χ1n) is 5.74. The zero-order chi connectivity index (χ0) is 11.9. The molecule has 0 unspecified atom stereocenters. The van der Waals surface area contributed by atoms with Crippen LogP contribution in [0.2, 0.25) is 0 Å². The Hall–Kier alpha value is -1.32. The van der Waals surface area contributed by atoms with Gasteiger partial charge in [-0.1, -0.05) is 18.2 Å². The number of nitrogens with one attached hydrogen (secondary N) is 1. The highest BCUT2D eigenvalue weighted by Gasteiger charge is 1.96. The third-order valence-electron chi connectivity index (χ3n) is 2.63. The van der Waals surface area contributed by atoms with Crippen molar-refractivity contribution in [3.8, 4) is 5.75 Å². The van der Waals surface area contributed by atoms with Crippen molar-refractivity contribution in [3.63, 3.8) is 0 Å². The molecule has 0 atom stereocenters. The van der Waals surface area contributed by atoms with E-state index in [4.69, 9.17) is 4.74 Å². The molecule has 0 spiro atoms. The van der Waals surface area contributed by atoms with Crippen LogP contribution in [0.1, 0.15) is 10.4 Å². The number of benzene rings is 1. The molecule has 0 amide bonds. The number of hydrogen-bond acceptors (Lipinski definition) is 3. The van der Waals surface area contributed by atoms with Crippen LogP contribution in [0.4, 0.5) is 0 Å². The fourth-order valence-corrected chi connectivity index (χ4v) is 2.32. The molecule has 3 heteroatoms. The van der Waals surface area contributed by atoms with Crippen LogP contribution < -0.4 is 10.1 Å². The largest absolute Gasteiger partial charge is 0.497 e. The van der Waals surface area contributed by atoms with Crippen LogP contribution in [0.5, 0.6) is 5.75 Å². The van der Waals surface area contributed by atoms with Crippen LogP contribution in [0.15, 0.2) is 41.8 Å². The summed E-state index contributed by atoms with van der Waals surface area (Å²) in [4.78, 5) is 1.39. The van der Waals surface area contributed by atoms with Crippen LogP contribution in [-0.2, 0) is 13.0 Å². The van der Waals surface area contributed by atoms with Gasteiger partial charge in [-0.05, 0) is 42.1 Å². The Labute approximate surface area is 106 Å². The van der Waals surface area contributed by atoms with Crippen molar-refractivity contribution in [2.45, 2.75) is 13.0 Å². The second kappa shape index (κ2) is 6.42. The van der Waals surface area contributed by atoms with E-state index in [-0.39, 0.29) is 0 Å². The summed E-state index contributed by atoms with van der Waals surface area (Å²) >= 11 is 1.80. The molecule has 1 N–H and O–H groups in total. The molecule has 2 rings (SSSR count). The average Bonchev–Trinajstić information content (AvgIpc) is 2.88. The molecule has 0 bridgehead atoms. The fourth-order valence-electron chi connectivity index (χ4n) is 1.65.